The van der Waals surface area contributed by atoms with Crippen molar-refractivity contribution in [3.63, 3.8) is 0 Å². The maximum absolute atomic E-state index is 12.2. The molecule has 1 N–H and O–H groups in total. The van der Waals surface area contributed by atoms with E-state index in [1.54, 1.807) is 0 Å². The van der Waals surface area contributed by atoms with Crippen LogP contribution < -0.4 is 5.32 Å². The molecule has 1 saturated heterocycles. The number of hydrogen-bond acceptors (Lipinski definition) is 3. The highest BCUT2D eigenvalue weighted by Gasteiger charge is 2.38. The molecule has 4 nitrogen and oxygen atoms in total. The van der Waals surface area contributed by atoms with Gasteiger partial charge in [0.2, 0.25) is 0 Å². The highest BCUT2D eigenvalue weighted by Crippen LogP contribution is 2.40. The van der Waals surface area contributed by atoms with Crippen LogP contribution in [0.2, 0.25) is 0 Å². The van der Waals surface area contributed by atoms with Gasteiger partial charge in [-0.25, -0.2) is 4.79 Å². The van der Waals surface area contributed by atoms with Crippen LogP contribution in [-0.2, 0) is 4.74 Å². The molecule has 0 aromatic heterocycles. The molecule has 1 aromatic rings. The lowest BCUT2D eigenvalue weighted by Crippen LogP contribution is -2.37. The average Bonchev–Trinajstić information content (AvgIpc) is 3.35. The lowest BCUT2D eigenvalue weighted by Gasteiger charge is -2.26. The van der Waals surface area contributed by atoms with Gasteiger partial charge in [0.05, 0.1) is 0 Å². The normalized spacial score (nSPS) is 26.8. The fourth-order valence-corrected chi connectivity index (χ4v) is 3.69. The van der Waals surface area contributed by atoms with Crippen LogP contribution in [0.5, 0.6) is 0 Å². The Morgan fingerprint density at radius 3 is 2.68 bits per heavy atom. The number of ether oxygens (including phenoxy) is 1. The molecule has 138 valence electrons. The van der Waals surface area contributed by atoms with Gasteiger partial charge in [-0.15, -0.1) is 0 Å². The summed E-state index contributed by atoms with van der Waals surface area (Å²) < 4.78 is 5.51. The number of carbonyl (C=O) groups excluding carboxylic acids is 1. The van der Waals surface area contributed by atoms with Gasteiger partial charge in [0.25, 0.3) is 0 Å². The third-order valence-corrected chi connectivity index (χ3v) is 5.19. The second-order valence-corrected chi connectivity index (χ2v) is 8.53. The molecule has 1 aliphatic heterocycles. The first-order valence-corrected chi connectivity index (χ1v) is 9.68. The Labute approximate surface area is 151 Å². The number of nitrogens with zero attached hydrogens (tertiary/aromatic N) is 1. The number of benzene rings is 1. The van der Waals surface area contributed by atoms with Crippen molar-refractivity contribution in [2.45, 2.75) is 64.0 Å². The molecule has 25 heavy (non-hydrogen) atoms. The number of hydrogen-bond donors (Lipinski definition) is 1. The largest absolute Gasteiger partial charge is 0.444 e. The first kappa shape index (κ1) is 18.2. The Bertz CT molecular complexity index is 567. The standard InChI is InChI=1S/C21H32N2O2/c1-21(2,3)25-20(24)23-12-7-8-16(11-13-23)15-22-19-14-18(19)17-9-5-4-6-10-17/h4-6,9-10,16,18-19,22H,7-8,11-15H2,1-3H3. The number of carbonyl (C=O) groups is 1. The Balaban J connectivity index is 1.40. The minimum atomic E-state index is -0.414. The minimum Gasteiger partial charge on any atom is -0.444 e. The monoisotopic (exact) mass is 344 g/mol. The van der Waals surface area contributed by atoms with Gasteiger partial charge in [-0.2, -0.15) is 0 Å². The minimum absolute atomic E-state index is 0.160. The highest BCUT2D eigenvalue weighted by atomic mass is 16.6. The summed E-state index contributed by atoms with van der Waals surface area (Å²) in [6.45, 7) is 8.47. The predicted molar refractivity (Wildman–Crippen MR) is 101 cm³/mol. The van der Waals surface area contributed by atoms with E-state index in [0.29, 0.717) is 17.9 Å². The zero-order chi connectivity index (χ0) is 17.9. The van der Waals surface area contributed by atoms with Gasteiger partial charge < -0.3 is 15.0 Å². The zero-order valence-corrected chi connectivity index (χ0v) is 15.8. The molecular weight excluding hydrogens is 312 g/mol. The molecule has 1 amide bonds. The third-order valence-electron chi connectivity index (χ3n) is 5.19. The van der Waals surface area contributed by atoms with Gasteiger partial charge in [-0.1, -0.05) is 30.3 Å². The van der Waals surface area contributed by atoms with Gasteiger partial charge in [-0.3, -0.25) is 0 Å². The van der Waals surface area contributed by atoms with Crippen LogP contribution in [0.25, 0.3) is 0 Å². The van der Waals surface area contributed by atoms with Crippen molar-refractivity contribution >= 4 is 6.09 Å². The van der Waals surface area contributed by atoms with E-state index in [2.05, 4.69) is 35.6 Å². The number of likely N-dealkylation sites (tertiary alicyclic amines) is 1. The van der Waals surface area contributed by atoms with Crippen LogP contribution in [0.4, 0.5) is 4.79 Å². The molecular formula is C21H32N2O2. The maximum Gasteiger partial charge on any atom is 0.410 e. The van der Waals surface area contributed by atoms with Crippen LogP contribution >= 0.6 is 0 Å². The lowest BCUT2D eigenvalue weighted by molar-refractivity contribution is 0.0255. The molecule has 2 fully saturated rings. The maximum atomic E-state index is 12.2. The Morgan fingerprint density at radius 2 is 1.96 bits per heavy atom. The van der Waals surface area contributed by atoms with E-state index < -0.39 is 5.60 Å². The molecule has 3 atom stereocenters. The molecule has 0 radical (unpaired) electrons. The Kier molecular flexibility index (Phi) is 5.67. The fourth-order valence-electron chi connectivity index (χ4n) is 3.69. The molecule has 0 bridgehead atoms. The van der Waals surface area contributed by atoms with Crippen LogP contribution in [0.15, 0.2) is 30.3 Å². The zero-order valence-electron chi connectivity index (χ0n) is 15.8. The van der Waals surface area contributed by atoms with Crippen molar-refractivity contribution in [3.8, 4) is 0 Å². The molecule has 1 aromatic carbocycles. The number of nitrogens with one attached hydrogen (secondary N) is 1. The smallest absolute Gasteiger partial charge is 0.410 e. The highest BCUT2D eigenvalue weighted by molar-refractivity contribution is 5.68. The second kappa shape index (κ2) is 7.77. The number of amides is 1. The van der Waals surface area contributed by atoms with Gasteiger partial charge in [0.1, 0.15) is 5.60 Å². The lowest BCUT2D eigenvalue weighted by atomic mass is 10.0. The summed E-state index contributed by atoms with van der Waals surface area (Å²) in [6.07, 6.45) is 4.41. The number of rotatable bonds is 4. The Morgan fingerprint density at radius 1 is 1.20 bits per heavy atom. The van der Waals surface area contributed by atoms with Gasteiger partial charge in [0.15, 0.2) is 0 Å². The van der Waals surface area contributed by atoms with E-state index in [0.717, 1.165) is 32.5 Å². The van der Waals surface area contributed by atoms with Crippen LogP contribution in [0.3, 0.4) is 0 Å². The molecule has 3 rings (SSSR count). The second-order valence-electron chi connectivity index (χ2n) is 8.53. The summed E-state index contributed by atoms with van der Waals surface area (Å²) in [6, 6.07) is 11.4. The molecule has 4 heteroatoms. The summed E-state index contributed by atoms with van der Waals surface area (Å²) in [5.74, 6) is 1.34. The topological polar surface area (TPSA) is 41.6 Å². The third kappa shape index (κ3) is 5.46. The van der Waals surface area contributed by atoms with Crippen molar-refractivity contribution in [1.29, 1.82) is 0 Å². The first-order chi connectivity index (χ1) is 11.9. The fraction of sp³-hybridized carbons (Fsp3) is 0.667. The van der Waals surface area contributed by atoms with Crippen LogP contribution in [0.1, 0.15) is 57.9 Å². The van der Waals surface area contributed by atoms with Crippen molar-refractivity contribution in [3.05, 3.63) is 35.9 Å². The molecule has 3 unspecified atom stereocenters. The van der Waals surface area contributed by atoms with Crippen molar-refractivity contribution in [2.24, 2.45) is 5.92 Å². The van der Waals surface area contributed by atoms with Gasteiger partial charge >= 0.3 is 6.09 Å². The summed E-state index contributed by atoms with van der Waals surface area (Å²) >= 11 is 0. The molecule has 2 aliphatic rings. The van der Waals surface area contributed by atoms with Crippen molar-refractivity contribution in [1.82, 2.24) is 10.2 Å². The summed E-state index contributed by atoms with van der Waals surface area (Å²) in [7, 11) is 0. The van der Waals surface area contributed by atoms with Crippen molar-refractivity contribution in [2.75, 3.05) is 19.6 Å². The van der Waals surface area contributed by atoms with Gasteiger partial charge in [0, 0.05) is 25.0 Å². The van der Waals surface area contributed by atoms with E-state index in [1.807, 2.05) is 25.7 Å². The van der Waals surface area contributed by atoms with Gasteiger partial charge in [-0.05, 0) is 64.5 Å². The van der Waals surface area contributed by atoms with E-state index in [1.165, 1.54) is 18.4 Å². The quantitative estimate of drug-likeness (QED) is 0.891. The molecule has 1 saturated carbocycles. The Hall–Kier alpha value is -1.55. The molecule has 1 heterocycles. The van der Waals surface area contributed by atoms with Crippen LogP contribution in [-0.4, -0.2) is 42.3 Å². The van der Waals surface area contributed by atoms with Crippen LogP contribution in [0, 0.1) is 5.92 Å². The van der Waals surface area contributed by atoms with E-state index in [4.69, 9.17) is 4.74 Å². The molecule has 0 spiro atoms. The van der Waals surface area contributed by atoms with E-state index >= 15 is 0 Å². The molecule has 1 aliphatic carbocycles. The first-order valence-electron chi connectivity index (χ1n) is 9.68. The van der Waals surface area contributed by atoms with Crippen molar-refractivity contribution < 1.29 is 9.53 Å². The predicted octanol–water partition coefficient (Wildman–Crippen LogP) is 4.17. The summed E-state index contributed by atoms with van der Waals surface area (Å²) in [5, 5.41) is 3.75. The SMILES string of the molecule is CC(C)(C)OC(=O)N1CCCC(CNC2CC2c2ccccc2)CC1. The van der Waals surface area contributed by atoms with E-state index in [-0.39, 0.29) is 6.09 Å². The summed E-state index contributed by atoms with van der Waals surface area (Å²) in [4.78, 5) is 14.1. The average molecular weight is 344 g/mol. The van der Waals surface area contributed by atoms with E-state index in [9.17, 15) is 4.79 Å². The summed E-state index contributed by atoms with van der Waals surface area (Å²) in [5.41, 5.74) is 1.04.